The molecule has 0 spiro atoms. The molecule has 0 bridgehead atoms. The molecule has 0 saturated carbocycles. The second kappa shape index (κ2) is 11.0. The van der Waals surface area contributed by atoms with Crippen LogP contribution in [0.25, 0.3) is 0 Å². The van der Waals surface area contributed by atoms with E-state index in [-0.39, 0.29) is 23.9 Å². The first-order valence-electron chi connectivity index (χ1n) is 11.3. The topological polar surface area (TPSA) is 86.8 Å². The molecular formula is C26H26BrN3O4S. The molecule has 1 aliphatic heterocycles. The van der Waals surface area contributed by atoms with Crippen LogP contribution in [0.1, 0.15) is 24.0 Å². The molecule has 0 radical (unpaired) electrons. The van der Waals surface area contributed by atoms with Crippen LogP contribution in [0.2, 0.25) is 0 Å². The van der Waals surface area contributed by atoms with Gasteiger partial charge in [-0.15, -0.1) is 0 Å². The van der Waals surface area contributed by atoms with Gasteiger partial charge in [0.2, 0.25) is 11.8 Å². The van der Waals surface area contributed by atoms with Gasteiger partial charge in [-0.05, 0) is 53.9 Å². The molecule has 7 nitrogen and oxygen atoms in total. The molecule has 1 aliphatic rings. The second-order valence-electron chi connectivity index (χ2n) is 8.31. The first-order valence-corrected chi connectivity index (χ1v) is 13.5. The Morgan fingerprint density at radius 3 is 2.23 bits per heavy atom. The minimum Gasteiger partial charge on any atom is -0.350 e. The number of likely N-dealkylation sites (tertiary alicyclic amines) is 1. The molecule has 35 heavy (non-hydrogen) atoms. The third-order valence-corrected chi connectivity index (χ3v) is 8.11. The van der Waals surface area contributed by atoms with Crippen LogP contribution in [-0.2, 0) is 32.7 Å². The highest BCUT2D eigenvalue weighted by Gasteiger charge is 2.27. The lowest BCUT2D eigenvalue weighted by Crippen LogP contribution is -2.40. The number of halogens is 1. The predicted octanol–water partition coefficient (Wildman–Crippen LogP) is 4.08. The molecule has 0 atom stereocenters. The minimum absolute atomic E-state index is 0.114. The summed E-state index contributed by atoms with van der Waals surface area (Å²) < 4.78 is 28.6. The van der Waals surface area contributed by atoms with Gasteiger partial charge in [-0.25, -0.2) is 8.42 Å². The molecule has 1 heterocycles. The summed E-state index contributed by atoms with van der Waals surface area (Å²) in [5.41, 5.74) is 2.31. The van der Waals surface area contributed by atoms with Gasteiger partial charge < -0.3 is 10.2 Å². The largest absolute Gasteiger partial charge is 0.350 e. The van der Waals surface area contributed by atoms with Crippen LogP contribution >= 0.6 is 15.9 Å². The van der Waals surface area contributed by atoms with Crippen LogP contribution in [0, 0.1) is 0 Å². The third kappa shape index (κ3) is 6.29. The van der Waals surface area contributed by atoms with Crippen LogP contribution in [-0.4, -0.2) is 38.2 Å². The third-order valence-electron chi connectivity index (χ3n) is 5.79. The molecule has 1 fully saturated rings. The van der Waals surface area contributed by atoms with Crippen molar-refractivity contribution in [2.24, 2.45) is 0 Å². The fourth-order valence-corrected chi connectivity index (χ4v) is 5.59. The van der Waals surface area contributed by atoms with E-state index >= 15 is 0 Å². The van der Waals surface area contributed by atoms with Crippen molar-refractivity contribution in [3.05, 3.63) is 94.5 Å². The van der Waals surface area contributed by atoms with Crippen molar-refractivity contribution in [2.75, 3.05) is 17.4 Å². The van der Waals surface area contributed by atoms with Gasteiger partial charge in [0, 0.05) is 30.5 Å². The number of carbonyl (C=O) groups is 2. The molecule has 0 unspecified atom stereocenters. The van der Waals surface area contributed by atoms with Crippen molar-refractivity contribution in [3.63, 3.8) is 0 Å². The van der Waals surface area contributed by atoms with E-state index in [2.05, 4.69) is 21.2 Å². The van der Waals surface area contributed by atoms with E-state index in [9.17, 15) is 18.0 Å². The highest BCUT2D eigenvalue weighted by molar-refractivity contribution is 9.10. The van der Waals surface area contributed by atoms with Gasteiger partial charge in [-0.1, -0.05) is 58.4 Å². The normalized spacial score (nSPS) is 13.6. The SMILES string of the molecule is O=C(CN(c1ccc(Br)cc1)S(=O)(=O)c1ccccc1)NCc1ccc(CN2CCCC2=O)cc1. The summed E-state index contributed by atoms with van der Waals surface area (Å²) in [6, 6.07) is 22.5. The van der Waals surface area contributed by atoms with Gasteiger partial charge in [0.1, 0.15) is 6.54 Å². The summed E-state index contributed by atoms with van der Waals surface area (Å²) in [7, 11) is -3.94. The molecule has 2 amide bonds. The number of rotatable bonds is 9. The van der Waals surface area contributed by atoms with Crippen molar-refractivity contribution in [3.8, 4) is 0 Å². The smallest absolute Gasteiger partial charge is 0.264 e. The fraction of sp³-hybridized carbons (Fsp3) is 0.231. The standard InChI is InChI=1S/C26H26BrN3O4S/c27-22-12-14-23(15-13-22)30(35(33,34)24-5-2-1-3-6-24)19-25(31)28-17-20-8-10-21(11-9-20)18-29-16-4-7-26(29)32/h1-3,5-6,8-15H,4,7,16-19H2,(H,28,31). The zero-order chi connectivity index (χ0) is 24.8. The lowest BCUT2D eigenvalue weighted by atomic mass is 10.1. The van der Waals surface area contributed by atoms with Crippen LogP contribution < -0.4 is 9.62 Å². The molecule has 182 valence electrons. The number of nitrogens with one attached hydrogen (secondary N) is 1. The van der Waals surface area contributed by atoms with Crippen molar-refractivity contribution < 1.29 is 18.0 Å². The molecule has 1 saturated heterocycles. The van der Waals surface area contributed by atoms with E-state index in [0.29, 0.717) is 18.7 Å². The van der Waals surface area contributed by atoms with E-state index in [1.54, 1.807) is 42.5 Å². The van der Waals surface area contributed by atoms with E-state index in [4.69, 9.17) is 0 Å². The zero-order valence-electron chi connectivity index (χ0n) is 19.1. The van der Waals surface area contributed by atoms with Crippen LogP contribution in [0.5, 0.6) is 0 Å². The van der Waals surface area contributed by atoms with Crippen molar-refractivity contribution in [1.82, 2.24) is 10.2 Å². The van der Waals surface area contributed by atoms with Gasteiger partial charge in [0.05, 0.1) is 10.6 Å². The average Bonchev–Trinajstić information content (AvgIpc) is 3.27. The molecule has 9 heteroatoms. The number of hydrogen-bond donors (Lipinski definition) is 1. The molecule has 3 aromatic rings. The van der Waals surface area contributed by atoms with Crippen molar-refractivity contribution in [1.29, 1.82) is 0 Å². The Bertz CT molecular complexity index is 1280. The van der Waals surface area contributed by atoms with E-state index in [0.717, 1.165) is 32.9 Å². The summed E-state index contributed by atoms with van der Waals surface area (Å²) in [5, 5.41) is 2.81. The molecular weight excluding hydrogens is 530 g/mol. The average molecular weight is 556 g/mol. The van der Waals surface area contributed by atoms with E-state index in [1.807, 2.05) is 29.2 Å². The summed E-state index contributed by atoms with van der Waals surface area (Å²) in [6.45, 7) is 1.29. The van der Waals surface area contributed by atoms with Gasteiger partial charge in [-0.3, -0.25) is 13.9 Å². The summed E-state index contributed by atoms with van der Waals surface area (Å²) in [6.07, 6.45) is 1.52. The van der Waals surface area contributed by atoms with Gasteiger partial charge >= 0.3 is 0 Å². The number of benzene rings is 3. The van der Waals surface area contributed by atoms with Gasteiger partial charge in [-0.2, -0.15) is 0 Å². The summed E-state index contributed by atoms with van der Waals surface area (Å²) >= 11 is 3.36. The predicted molar refractivity (Wildman–Crippen MR) is 138 cm³/mol. The fourth-order valence-electron chi connectivity index (χ4n) is 3.88. The Labute approximate surface area is 213 Å². The van der Waals surface area contributed by atoms with Crippen LogP contribution in [0.3, 0.4) is 0 Å². The summed E-state index contributed by atoms with van der Waals surface area (Å²) in [5.74, 6) is -0.235. The highest BCUT2D eigenvalue weighted by Crippen LogP contribution is 2.25. The number of hydrogen-bond acceptors (Lipinski definition) is 4. The number of amides is 2. The van der Waals surface area contributed by atoms with E-state index in [1.165, 1.54) is 12.1 Å². The first kappa shape index (κ1) is 24.9. The lowest BCUT2D eigenvalue weighted by Gasteiger charge is -2.24. The van der Waals surface area contributed by atoms with Crippen molar-refractivity contribution in [2.45, 2.75) is 30.8 Å². The molecule has 0 aliphatic carbocycles. The molecule has 3 aromatic carbocycles. The number of anilines is 1. The Hall–Kier alpha value is -3.17. The van der Waals surface area contributed by atoms with Gasteiger partial charge in [0.25, 0.3) is 10.0 Å². The first-order chi connectivity index (χ1) is 16.8. The maximum Gasteiger partial charge on any atom is 0.264 e. The quantitative estimate of drug-likeness (QED) is 0.431. The van der Waals surface area contributed by atoms with Crippen molar-refractivity contribution >= 4 is 43.5 Å². The maximum absolute atomic E-state index is 13.3. The monoisotopic (exact) mass is 555 g/mol. The highest BCUT2D eigenvalue weighted by atomic mass is 79.9. The van der Waals surface area contributed by atoms with Gasteiger partial charge in [0.15, 0.2) is 0 Å². The van der Waals surface area contributed by atoms with Crippen LogP contribution in [0.15, 0.2) is 88.2 Å². The summed E-state index contributed by atoms with van der Waals surface area (Å²) in [4.78, 5) is 26.6. The minimum atomic E-state index is -3.94. The number of carbonyl (C=O) groups excluding carboxylic acids is 2. The second-order valence-corrected chi connectivity index (χ2v) is 11.1. The Kier molecular flexibility index (Phi) is 7.87. The number of sulfonamides is 1. The lowest BCUT2D eigenvalue weighted by molar-refractivity contribution is -0.128. The van der Waals surface area contributed by atoms with E-state index < -0.39 is 15.9 Å². The Morgan fingerprint density at radius 1 is 0.943 bits per heavy atom. The Morgan fingerprint density at radius 2 is 1.60 bits per heavy atom. The van der Waals surface area contributed by atoms with Crippen LogP contribution in [0.4, 0.5) is 5.69 Å². The zero-order valence-corrected chi connectivity index (χ0v) is 21.5. The molecule has 0 aromatic heterocycles. The molecule has 1 N–H and O–H groups in total. The Balaban J connectivity index is 1.42. The number of nitrogens with zero attached hydrogens (tertiary/aromatic N) is 2. The molecule has 4 rings (SSSR count). The maximum atomic E-state index is 13.3.